The maximum absolute atomic E-state index is 12.4. The van der Waals surface area contributed by atoms with Gasteiger partial charge in [-0.25, -0.2) is 0 Å². The fraction of sp³-hybridized carbons (Fsp3) is 0. The number of nitrogens with one attached hydrogen (secondary N) is 1. The molecule has 1 aromatic heterocycles. The van der Waals surface area contributed by atoms with Crippen LogP contribution in [0.15, 0.2) is 53.2 Å². The third kappa shape index (κ3) is 4.50. The number of hydrogen-bond donors (Lipinski definition) is 1. The summed E-state index contributed by atoms with van der Waals surface area (Å²) in [4.78, 5) is 23.9. The van der Waals surface area contributed by atoms with Gasteiger partial charge in [0.15, 0.2) is 0 Å². The van der Waals surface area contributed by atoms with Gasteiger partial charge in [0.05, 0.1) is 22.2 Å². The van der Waals surface area contributed by atoms with Crippen molar-refractivity contribution < 1.29 is 33.6 Å². The third-order valence-electron chi connectivity index (χ3n) is 3.52. The molecule has 0 aliphatic carbocycles. The number of halogens is 2. The van der Waals surface area contributed by atoms with Gasteiger partial charge in [-0.15, -0.1) is 0 Å². The minimum Gasteiger partial charge on any atom is -0.545 e. The number of hydrogen-bond acceptors (Lipinski definition) is 4. The summed E-state index contributed by atoms with van der Waals surface area (Å²) in [7, 11) is 0. The Morgan fingerprint density at radius 3 is 2.35 bits per heavy atom. The van der Waals surface area contributed by atoms with E-state index < -0.39 is 11.9 Å². The number of aromatic carboxylic acids is 1. The van der Waals surface area contributed by atoms with Crippen LogP contribution in [0.25, 0.3) is 11.1 Å². The molecule has 0 spiro atoms. The van der Waals surface area contributed by atoms with Crippen LogP contribution in [-0.2, 0) is 0 Å². The van der Waals surface area contributed by atoms with Crippen molar-refractivity contribution in [1.29, 1.82) is 0 Å². The summed E-state index contributed by atoms with van der Waals surface area (Å²) in [5.74, 6) is -1.91. The van der Waals surface area contributed by atoms with Crippen molar-refractivity contribution in [3.8, 4) is 11.1 Å². The Morgan fingerprint density at radius 2 is 1.73 bits per heavy atom. The van der Waals surface area contributed by atoms with E-state index in [9.17, 15) is 14.7 Å². The molecule has 4 nitrogen and oxygen atoms in total. The molecule has 0 aliphatic rings. The Labute approximate surface area is 175 Å². The van der Waals surface area contributed by atoms with Crippen LogP contribution in [0.1, 0.15) is 20.7 Å². The minimum atomic E-state index is -1.38. The summed E-state index contributed by atoms with van der Waals surface area (Å²) in [5, 5.41) is 18.4. The Balaban J connectivity index is 0.00000243. The van der Waals surface area contributed by atoms with Crippen LogP contribution in [0, 0.1) is 0 Å². The first-order valence-corrected chi connectivity index (χ1v) is 8.80. The SMILES string of the molecule is O=C(Nc1ccc(-c2ccsc2)cc1C(=O)[O-])c1ccc(Cl)cc1Cl.[Li+]. The quantitative estimate of drug-likeness (QED) is 0.675. The van der Waals surface area contributed by atoms with Gasteiger partial charge in [-0.2, -0.15) is 11.3 Å². The summed E-state index contributed by atoms with van der Waals surface area (Å²) < 4.78 is 0. The minimum absolute atomic E-state index is 0. The molecule has 26 heavy (non-hydrogen) atoms. The van der Waals surface area contributed by atoms with E-state index >= 15 is 0 Å². The molecular formula is C18H10Cl2LiNO3S. The van der Waals surface area contributed by atoms with Crippen LogP contribution in [-0.4, -0.2) is 11.9 Å². The number of carbonyl (C=O) groups is 2. The van der Waals surface area contributed by atoms with E-state index in [-0.39, 0.29) is 40.7 Å². The number of carboxylic acids is 1. The second kappa shape index (κ2) is 8.76. The van der Waals surface area contributed by atoms with Gasteiger partial charge in [-0.05, 0) is 58.3 Å². The van der Waals surface area contributed by atoms with Gasteiger partial charge in [0.1, 0.15) is 0 Å². The van der Waals surface area contributed by atoms with Gasteiger partial charge in [0.25, 0.3) is 5.91 Å². The Hall–Kier alpha value is -1.74. The molecule has 2 aromatic carbocycles. The van der Waals surface area contributed by atoms with Crippen molar-refractivity contribution in [1.82, 2.24) is 0 Å². The molecule has 0 fully saturated rings. The van der Waals surface area contributed by atoms with Crippen LogP contribution in [0.3, 0.4) is 0 Å². The van der Waals surface area contributed by atoms with E-state index in [2.05, 4.69) is 5.32 Å². The van der Waals surface area contributed by atoms with Gasteiger partial charge in [-0.1, -0.05) is 29.3 Å². The standard InChI is InChI=1S/C18H11Cl2NO3S.Li/c19-12-2-3-13(15(20)8-12)17(22)21-16-4-1-10(7-14(16)18(23)24)11-5-6-25-9-11;/h1-9H,(H,21,22)(H,23,24);/q;+1/p-1. The van der Waals surface area contributed by atoms with Crippen molar-refractivity contribution in [2.24, 2.45) is 0 Å². The van der Waals surface area contributed by atoms with E-state index in [4.69, 9.17) is 23.2 Å². The molecule has 0 aliphatic heterocycles. The van der Waals surface area contributed by atoms with Crippen molar-refractivity contribution in [3.63, 3.8) is 0 Å². The van der Waals surface area contributed by atoms with Gasteiger partial charge >= 0.3 is 18.9 Å². The predicted molar refractivity (Wildman–Crippen MR) is 98.5 cm³/mol. The molecule has 0 radical (unpaired) electrons. The molecule has 3 rings (SSSR count). The fourth-order valence-electron chi connectivity index (χ4n) is 2.29. The topological polar surface area (TPSA) is 69.2 Å². The molecule has 0 bridgehead atoms. The van der Waals surface area contributed by atoms with E-state index in [0.29, 0.717) is 5.02 Å². The average Bonchev–Trinajstić information content (AvgIpc) is 3.09. The fourth-order valence-corrected chi connectivity index (χ4v) is 3.45. The average molecular weight is 398 g/mol. The first-order valence-electron chi connectivity index (χ1n) is 7.10. The number of anilines is 1. The van der Waals surface area contributed by atoms with E-state index in [1.54, 1.807) is 6.07 Å². The molecule has 0 saturated carbocycles. The smallest absolute Gasteiger partial charge is 0.545 e. The number of carbonyl (C=O) groups excluding carboxylic acids is 2. The summed E-state index contributed by atoms with van der Waals surface area (Å²) >= 11 is 13.3. The zero-order valence-electron chi connectivity index (χ0n) is 13.6. The number of benzene rings is 2. The second-order valence-electron chi connectivity index (χ2n) is 5.14. The third-order valence-corrected chi connectivity index (χ3v) is 4.75. The largest absolute Gasteiger partial charge is 1.00 e. The Kier molecular flexibility index (Phi) is 6.93. The van der Waals surface area contributed by atoms with Gasteiger partial charge in [-0.3, -0.25) is 4.79 Å². The summed E-state index contributed by atoms with van der Waals surface area (Å²) in [6.07, 6.45) is 0. The monoisotopic (exact) mass is 397 g/mol. The van der Waals surface area contributed by atoms with Crippen LogP contribution >= 0.6 is 34.5 Å². The number of amides is 1. The first-order chi connectivity index (χ1) is 12.0. The number of thiophene rings is 1. The van der Waals surface area contributed by atoms with Crippen molar-refractivity contribution in [2.75, 3.05) is 5.32 Å². The van der Waals surface area contributed by atoms with Gasteiger partial charge in [0, 0.05) is 10.6 Å². The van der Waals surface area contributed by atoms with Crippen LogP contribution in [0.5, 0.6) is 0 Å². The zero-order chi connectivity index (χ0) is 18.0. The maximum Gasteiger partial charge on any atom is 1.00 e. The van der Waals surface area contributed by atoms with E-state index in [1.807, 2.05) is 16.8 Å². The zero-order valence-corrected chi connectivity index (χ0v) is 15.9. The molecule has 0 saturated heterocycles. The molecule has 8 heteroatoms. The summed E-state index contributed by atoms with van der Waals surface area (Å²) in [6.45, 7) is 0. The Bertz CT molecular complexity index is 961. The molecule has 3 aromatic rings. The second-order valence-corrected chi connectivity index (χ2v) is 6.76. The Morgan fingerprint density at radius 1 is 0.962 bits per heavy atom. The first kappa shape index (κ1) is 20.6. The number of rotatable bonds is 4. The normalized spacial score (nSPS) is 10.1. The molecule has 1 N–H and O–H groups in total. The predicted octanol–water partition coefficient (Wildman–Crippen LogP) is 1.34. The van der Waals surface area contributed by atoms with Crippen molar-refractivity contribution >= 4 is 52.1 Å². The van der Waals surface area contributed by atoms with E-state index in [0.717, 1.165) is 11.1 Å². The van der Waals surface area contributed by atoms with E-state index in [1.165, 1.54) is 41.7 Å². The maximum atomic E-state index is 12.4. The summed E-state index contributed by atoms with van der Waals surface area (Å²) in [5.41, 5.74) is 1.84. The van der Waals surface area contributed by atoms with Crippen LogP contribution in [0.2, 0.25) is 10.0 Å². The molecule has 1 heterocycles. The van der Waals surface area contributed by atoms with Crippen molar-refractivity contribution in [2.45, 2.75) is 0 Å². The number of carboxylic acid groups (broad SMARTS) is 1. The van der Waals surface area contributed by atoms with Crippen LogP contribution in [0.4, 0.5) is 5.69 Å². The van der Waals surface area contributed by atoms with Gasteiger partial charge in [0.2, 0.25) is 0 Å². The van der Waals surface area contributed by atoms with Crippen LogP contribution < -0.4 is 29.3 Å². The molecule has 0 atom stereocenters. The molecule has 126 valence electrons. The van der Waals surface area contributed by atoms with Crippen molar-refractivity contribution in [3.05, 3.63) is 74.4 Å². The molecular weight excluding hydrogens is 388 g/mol. The van der Waals surface area contributed by atoms with Gasteiger partial charge < -0.3 is 15.2 Å². The molecule has 1 amide bonds. The molecule has 0 unspecified atom stereocenters. The summed E-state index contributed by atoms with van der Waals surface area (Å²) in [6, 6.07) is 11.0.